The second-order valence-corrected chi connectivity index (χ2v) is 9.16. The van der Waals surface area contributed by atoms with Gasteiger partial charge in [0.15, 0.2) is 0 Å². The van der Waals surface area contributed by atoms with Gasteiger partial charge in [0.25, 0.3) is 0 Å². The van der Waals surface area contributed by atoms with Crippen molar-refractivity contribution in [2.24, 2.45) is 5.73 Å². The van der Waals surface area contributed by atoms with Crippen molar-refractivity contribution < 1.29 is 39.3 Å². The van der Waals surface area contributed by atoms with Crippen LogP contribution in [0.5, 0.6) is 5.75 Å². The predicted octanol–water partition coefficient (Wildman–Crippen LogP) is -1.79. The Balaban J connectivity index is 1.76. The quantitative estimate of drug-likeness (QED) is 0.0984. The molecule has 0 aliphatic carbocycles. The zero-order chi connectivity index (χ0) is 29.9. The number of carbonyl (C=O) groups excluding carboxylic acids is 3. The second kappa shape index (κ2) is 14.2. The first-order valence-corrected chi connectivity index (χ1v) is 12.4. The number of carboxylic acid groups (broad SMARTS) is 2. The number of aliphatic carboxylic acids is 2. The second-order valence-electron chi connectivity index (χ2n) is 9.16. The Morgan fingerprint density at radius 1 is 0.756 bits per heavy atom. The minimum Gasteiger partial charge on any atom is -0.508 e. The number of aromatic amines is 2. The number of nitrogens with zero attached hydrogens (tertiary/aromatic N) is 2. The summed E-state index contributed by atoms with van der Waals surface area (Å²) in [6.45, 7) is 0. The van der Waals surface area contributed by atoms with E-state index in [2.05, 4.69) is 35.9 Å². The van der Waals surface area contributed by atoms with Crippen molar-refractivity contribution in [2.45, 2.75) is 49.9 Å². The van der Waals surface area contributed by atoms with Crippen molar-refractivity contribution in [2.75, 3.05) is 0 Å². The first-order valence-electron chi connectivity index (χ1n) is 12.4. The fourth-order valence-corrected chi connectivity index (χ4v) is 3.83. The smallest absolute Gasteiger partial charge is 0.326 e. The van der Waals surface area contributed by atoms with Crippen LogP contribution in [0.15, 0.2) is 49.3 Å². The molecular formula is C25H30N8O8. The number of phenols is 1. The summed E-state index contributed by atoms with van der Waals surface area (Å²) in [5, 5.41) is 35.5. The summed E-state index contributed by atoms with van der Waals surface area (Å²) in [4.78, 5) is 75.5. The third-order valence-corrected chi connectivity index (χ3v) is 5.95. The zero-order valence-corrected chi connectivity index (χ0v) is 21.6. The minimum absolute atomic E-state index is 0.0262. The fraction of sp³-hybridized carbons (Fsp3) is 0.320. The summed E-state index contributed by atoms with van der Waals surface area (Å²) in [6.07, 6.45) is 4.52. The maximum atomic E-state index is 13.3. The van der Waals surface area contributed by atoms with Gasteiger partial charge in [0.1, 0.15) is 23.9 Å². The number of amides is 3. The van der Waals surface area contributed by atoms with Crippen molar-refractivity contribution in [1.82, 2.24) is 35.9 Å². The lowest BCUT2D eigenvalue weighted by Crippen LogP contribution is -2.58. The van der Waals surface area contributed by atoms with Gasteiger partial charge in [0.05, 0.1) is 25.1 Å². The van der Waals surface area contributed by atoms with Gasteiger partial charge in [-0.2, -0.15) is 0 Å². The van der Waals surface area contributed by atoms with E-state index in [0.717, 1.165) is 0 Å². The molecule has 1 aromatic carbocycles. The van der Waals surface area contributed by atoms with Crippen LogP contribution in [0.25, 0.3) is 0 Å². The summed E-state index contributed by atoms with van der Waals surface area (Å²) >= 11 is 0. The molecule has 16 heteroatoms. The Bertz CT molecular complexity index is 1330. The topological polar surface area (TPSA) is 266 Å². The number of H-pyrrole nitrogens is 2. The number of carbonyl (C=O) groups is 5. The number of benzene rings is 1. The van der Waals surface area contributed by atoms with E-state index in [4.69, 9.17) is 5.73 Å². The lowest BCUT2D eigenvalue weighted by molar-refractivity contribution is -0.143. The maximum absolute atomic E-state index is 13.3. The molecule has 16 nitrogen and oxygen atoms in total. The van der Waals surface area contributed by atoms with Gasteiger partial charge in [-0.05, 0) is 17.7 Å². The van der Waals surface area contributed by atoms with Gasteiger partial charge in [0, 0.05) is 43.0 Å². The van der Waals surface area contributed by atoms with Crippen molar-refractivity contribution in [3.05, 3.63) is 66.3 Å². The summed E-state index contributed by atoms with van der Waals surface area (Å²) in [5.74, 6) is -5.53. The predicted molar refractivity (Wildman–Crippen MR) is 140 cm³/mol. The van der Waals surface area contributed by atoms with Gasteiger partial charge in [-0.1, -0.05) is 12.1 Å². The van der Waals surface area contributed by atoms with Gasteiger partial charge in [-0.3, -0.25) is 19.2 Å². The summed E-state index contributed by atoms with van der Waals surface area (Å²) in [6, 6.07) is 0.254. The largest absolute Gasteiger partial charge is 0.508 e. The van der Waals surface area contributed by atoms with Gasteiger partial charge in [-0.25, -0.2) is 14.8 Å². The van der Waals surface area contributed by atoms with Crippen LogP contribution in [0, 0.1) is 0 Å². The highest BCUT2D eigenvalue weighted by Gasteiger charge is 2.32. The van der Waals surface area contributed by atoms with E-state index in [1.165, 1.54) is 49.3 Å². The number of hydrogen-bond donors (Lipinski definition) is 9. The molecule has 3 rings (SSSR count). The highest BCUT2D eigenvalue weighted by Crippen LogP contribution is 2.12. The number of aromatic nitrogens is 4. The lowest BCUT2D eigenvalue weighted by Gasteiger charge is -2.24. The van der Waals surface area contributed by atoms with Crippen molar-refractivity contribution in [1.29, 1.82) is 0 Å². The molecule has 4 atom stereocenters. The third-order valence-electron chi connectivity index (χ3n) is 5.95. The molecule has 0 aliphatic rings. The first kappa shape index (κ1) is 30.3. The van der Waals surface area contributed by atoms with Gasteiger partial charge < -0.3 is 47.0 Å². The number of nitrogens with two attached hydrogens (primary N) is 1. The van der Waals surface area contributed by atoms with Crippen LogP contribution in [-0.2, 0) is 43.2 Å². The maximum Gasteiger partial charge on any atom is 0.326 e. The van der Waals surface area contributed by atoms with E-state index in [0.29, 0.717) is 17.0 Å². The monoisotopic (exact) mass is 570 g/mol. The molecule has 0 bridgehead atoms. The van der Waals surface area contributed by atoms with Crippen LogP contribution in [-0.4, -0.2) is 89.1 Å². The van der Waals surface area contributed by atoms with Crippen LogP contribution >= 0.6 is 0 Å². The van der Waals surface area contributed by atoms with Gasteiger partial charge in [0.2, 0.25) is 17.7 Å². The minimum atomic E-state index is -1.68. The van der Waals surface area contributed by atoms with E-state index in [9.17, 15) is 39.3 Å². The first-order chi connectivity index (χ1) is 19.5. The molecule has 3 aromatic rings. The Morgan fingerprint density at radius 3 is 1.83 bits per heavy atom. The van der Waals surface area contributed by atoms with Gasteiger partial charge >= 0.3 is 11.9 Å². The Labute approximate surface area is 232 Å². The lowest BCUT2D eigenvalue weighted by atomic mass is 10.0. The van der Waals surface area contributed by atoms with Crippen LogP contribution in [0.4, 0.5) is 0 Å². The molecule has 2 aromatic heterocycles. The number of carboxylic acids is 2. The van der Waals surface area contributed by atoms with Crippen LogP contribution < -0.4 is 21.7 Å². The number of nitrogens with one attached hydrogen (secondary N) is 5. The molecule has 2 heterocycles. The molecular weight excluding hydrogens is 540 g/mol. The summed E-state index contributed by atoms with van der Waals surface area (Å²) in [5.41, 5.74) is 7.50. The number of hydrogen-bond acceptors (Lipinski definition) is 9. The summed E-state index contributed by atoms with van der Waals surface area (Å²) < 4.78 is 0. The molecule has 10 N–H and O–H groups in total. The Morgan fingerprint density at radius 2 is 1.29 bits per heavy atom. The third kappa shape index (κ3) is 9.47. The number of phenolic OH excluding ortho intramolecular Hbond substituents is 1. The number of imidazole rings is 2. The molecule has 0 saturated heterocycles. The van der Waals surface area contributed by atoms with Crippen LogP contribution in [0.3, 0.4) is 0 Å². The fourth-order valence-electron chi connectivity index (χ4n) is 3.83. The van der Waals surface area contributed by atoms with Crippen LogP contribution in [0.2, 0.25) is 0 Å². The SMILES string of the molecule is NC(Cc1cnc[nH]1)C(=O)NC(Cc1ccc(O)cc1)C(=O)NC(CC(=O)O)C(=O)NC(Cc1cnc[nH]1)C(=O)O. The zero-order valence-electron chi connectivity index (χ0n) is 21.6. The molecule has 0 radical (unpaired) electrons. The number of aromatic hydroxyl groups is 1. The normalized spacial score (nSPS) is 13.8. The Kier molecular flexibility index (Phi) is 10.5. The van der Waals surface area contributed by atoms with Gasteiger partial charge in [-0.15, -0.1) is 0 Å². The highest BCUT2D eigenvalue weighted by molar-refractivity contribution is 5.95. The van der Waals surface area contributed by atoms with E-state index in [-0.39, 0.29) is 25.0 Å². The van der Waals surface area contributed by atoms with Crippen molar-refractivity contribution in [3.63, 3.8) is 0 Å². The average molecular weight is 571 g/mol. The molecule has 41 heavy (non-hydrogen) atoms. The standard InChI is InChI=1S/C25H30N8O8/c26-17(6-14-9-27-11-29-14)22(37)31-18(5-13-1-3-16(34)4-2-13)23(38)32-19(8-21(35)36)24(39)33-20(25(40)41)7-15-10-28-12-30-15/h1-4,9-12,17-20,34H,5-8,26H2,(H,27,29)(H,28,30)(H,31,37)(H,32,38)(H,33,39)(H,35,36)(H,40,41). The molecule has 4 unspecified atom stereocenters. The Hall–Kier alpha value is -5.25. The number of rotatable bonds is 15. The van der Waals surface area contributed by atoms with Crippen molar-refractivity contribution in [3.8, 4) is 5.75 Å². The van der Waals surface area contributed by atoms with E-state index >= 15 is 0 Å². The molecule has 0 aliphatic heterocycles. The average Bonchev–Trinajstić information content (AvgIpc) is 3.63. The molecule has 218 valence electrons. The van der Waals surface area contributed by atoms with Crippen LogP contribution in [0.1, 0.15) is 23.4 Å². The summed E-state index contributed by atoms with van der Waals surface area (Å²) in [7, 11) is 0. The molecule has 0 saturated carbocycles. The van der Waals surface area contributed by atoms with E-state index < -0.39 is 60.2 Å². The van der Waals surface area contributed by atoms with E-state index in [1.54, 1.807) is 0 Å². The molecule has 3 amide bonds. The highest BCUT2D eigenvalue weighted by atomic mass is 16.4. The molecule has 0 fully saturated rings. The van der Waals surface area contributed by atoms with Crippen molar-refractivity contribution >= 4 is 29.7 Å². The van der Waals surface area contributed by atoms with E-state index in [1.807, 2.05) is 0 Å². The molecule has 0 spiro atoms.